The van der Waals surface area contributed by atoms with Crippen LogP contribution in [0.1, 0.15) is 19.8 Å². The average molecular weight is 179 g/mol. The van der Waals surface area contributed by atoms with Crippen LogP contribution < -0.4 is 5.32 Å². The molecule has 0 aromatic rings. The first-order valence-electron chi connectivity index (χ1n) is 3.94. The highest BCUT2D eigenvalue weighted by Crippen LogP contribution is 1.86. The van der Waals surface area contributed by atoms with E-state index >= 15 is 0 Å². The maximum Gasteiger partial charge on any atom is 0.147 e. The SMILES string of the molecule is CCCNCCCS(C)(=O)=O. The zero-order valence-electron chi connectivity index (χ0n) is 7.26. The van der Waals surface area contributed by atoms with Crippen molar-refractivity contribution in [3.63, 3.8) is 0 Å². The van der Waals surface area contributed by atoms with Crippen molar-refractivity contribution in [2.75, 3.05) is 25.1 Å². The summed E-state index contributed by atoms with van der Waals surface area (Å²) in [5.74, 6) is 0.295. The molecule has 1 N–H and O–H groups in total. The highest BCUT2D eigenvalue weighted by atomic mass is 32.2. The van der Waals surface area contributed by atoms with Crippen molar-refractivity contribution in [1.29, 1.82) is 0 Å². The smallest absolute Gasteiger partial charge is 0.147 e. The van der Waals surface area contributed by atoms with Crippen molar-refractivity contribution in [2.24, 2.45) is 0 Å². The molecule has 0 heterocycles. The van der Waals surface area contributed by atoms with Gasteiger partial charge in [-0.3, -0.25) is 0 Å². The molecule has 68 valence electrons. The van der Waals surface area contributed by atoms with Gasteiger partial charge in [0.2, 0.25) is 0 Å². The molecule has 0 spiro atoms. The lowest BCUT2D eigenvalue weighted by molar-refractivity contribution is 0.594. The van der Waals surface area contributed by atoms with Gasteiger partial charge in [-0.2, -0.15) is 0 Å². The van der Waals surface area contributed by atoms with Gasteiger partial charge in [-0.25, -0.2) is 8.42 Å². The predicted octanol–water partition coefficient (Wildman–Crippen LogP) is 0.421. The molecule has 0 unspecified atom stereocenters. The van der Waals surface area contributed by atoms with Gasteiger partial charge >= 0.3 is 0 Å². The van der Waals surface area contributed by atoms with E-state index in [0.29, 0.717) is 5.75 Å². The second-order valence-corrected chi connectivity index (χ2v) is 4.99. The predicted molar refractivity (Wildman–Crippen MR) is 47.5 cm³/mol. The Labute approximate surface area is 69.1 Å². The third kappa shape index (κ3) is 9.91. The second-order valence-electron chi connectivity index (χ2n) is 2.73. The topological polar surface area (TPSA) is 46.2 Å². The summed E-state index contributed by atoms with van der Waals surface area (Å²) in [6.07, 6.45) is 3.09. The molecule has 0 fully saturated rings. The van der Waals surface area contributed by atoms with E-state index < -0.39 is 9.84 Å². The Bertz CT molecular complexity index is 175. The van der Waals surface area contributed by atoms with Crippen molar-refractivity contribution in [2.45, 2.75) is 19.8 Å². The number of sulfone groups is 1. The molecule has 0 rings (SSSR count). The van der Waals surface area contributed by atoms with Crippen LogP contribution >= 0.6 is 0 Å². The molecule has 0 saturated heterocycles. The largest absolute Gasteiger partial charge is 0.317 e. The van der Waals surface area contributed by atoms with Crippen LogP contribution in [0, 0.1) is 0 Å². The first-order chi connectivity index (χ1) is 5.06. The zero-order valence-corrected chi connectivity index (χ0v) is 8.08. The summed E-state index contributed by atoms with van der Waals surface area (Å²) >= 11 is 0. The Kier molecular flexibility index (Phi) is 5.50. The molecule has 3 nitrogen and oxygen atoms in total. The highest BCUT2D eigenvalue weighted by Gasteiger charge is 1.99. The number of nitrogens with one attached hydrogen (secondary N) is 1. The Hall–Kier alpha value is -0.0900. The fourth-order valence-electron chi connectivity index (χ4n) is 0.761. The summed E-state index contributed by atoms with van der Waals surface area (Å²) in [7, 11) is -2.75. The first kappa shape index (κ1) is 10.9. The van der Waals surface area contributed by atoms with Gasteiger partial charge < -0.3 is 5.32 Å². The van der Waals surface area contributed by atoms with Gasteiger partial charge in [-0.1, -0.05) is 6.92 Å². The Morgan fingerprint density at radius 1 is 1.27 bits per heavy atom. The fourth-order valence-corrected chi connectivity index (χ4v) is 1.43. The summed E-state index contributed by atoms with van der Waals surface area (Å²) in [5, 5.41) is 3.14. The number of hydrogen-bond acceptors (Lipinski definition) is 3. The van der Waals surface area contributed by atoms with E-state index in [4.69, 9.17) is 0 Å². The molecule has 0 atom stereocenters. The lowest BCUT2D eigenvalue weighted by atomic mass is 10.4. The Balaban J connectivity index is 3.16. The highest BCUT2D eigenvalue weighted by molar-refractivity contribution is 7.90. The summed E-state index contributed by atoms with van der Waals surface area (Å²) in [5.41, 5.74) is 0. The van der Waals surface area contributed by atoms with Crippen LogP contribution in [0.15, 0.2) is 0 Å². The number of rotatable bonds is 6. The van der Waals surface area contributed by atoms with Gasteiger partial charge in [-0.15, -0.1) is 0 Å². The quantitative estimate of drug-likeness (QED) is 0.601. The third-order valence-electron chi connectivity index (χ3n) is 1.30. The van der Waals surface area contributed by atoms with Crippen LogP contribution in [-0.4, -0.2) is 33.5 Å². The molecule has 0 aromatic carbocycles. The van der Waals surface area contributed by atoms with Crippen molar-refractivity contribution in [3.05, 3.63) is 0 Å². The normalized spacial score (nSPS) is 11.8. The second kappa shape index (κ2) is 5.55. The molecule has 0 radical (unpaired) electrons. The van der Waals surface area contributed by atoms with Gasteiger partial charge in [0, 0.05) is 6.26 Å². The van der Waals surface area contributed by atoms with Gasteiger partial charge in [0.05, 0.1) is 5.75 Å². The molecule has 11 heavy (non-hydrogen) atoms. The van der Waals surface area contributed by atoms with Crippen LogP contribution in [0.25, 0.3) is 0 Å². The van der Waals surface area contributed by atoms with E-state index in [9.17, 15) is 8.42 Å². The van der Waals surface area contributed by atoms with E-state index in [-0.39, 0.29) is 0 Å². The van der Waals surface area contributed by atoms with Crippen LogP contribution in [0.3, 0.4) is 0 Å². The van der Waals surface area contributed by atoms with Crippen molar-refractivity contribution < 1.29 is 8.42 Å². The summed E-state index contributed by atoms with van der Waals surface area (Å²) in [6.45, 7) is 3.87. The molecule has 0 aromatic heterocycles. The van der Waals surface area contributed by atoms with Gasteiger partial charge in [0.15, 0.2) is 0 Å². The minimum Gasteiger partial charge on any atom is -0.317 e. The summed E-state index contributed by atoms with van der Waals surface area (Å²) in [6, 6.07) is 0. The van der Waals surface area contributed by atoms with E-state index in [1.165, 1.54) is 6.26 Å². The summed E-state index contributed by atoms with van der Waals surface area (Å²) < 4.78 is 21.3. The molecule has 0 saturated carbocycles. The maximum atomic E-state index is 10.6. The number of hydrogen-bond donors (Lipinski definition) is 1. The molecule has 0 amide bonds. The van der Waals surface area contributed by atoms with E-state index in [0.717, 1.165) is 25.9 Å². The average Bonchev–Trinajstić information content (AvgIpc) is 1.85. The third-order valence-corrected chi connectivity index (χ3v) is 2.33. The van der Waals surface area contributed by atoms with Gasteiger partial charge in [0.1, 0.15) is 9.84 Å². The van der Waals surface area contributed by atoms with Crippen LogP contribution in [0.5, 0.6) is 0 Å². The molecule has 0 bridgehead atoms. The standard InChI is InChI=1S/C7H17NO2S/c1-3-5-8-6-4-7-11(2,9)10/h8H,3-7H2,1-2H3. The zero-order chi connectivity index (χ0) is 8.74. The molecular weight excluding hydrogens is 162 g/mol. The monoisotopic (exact) mass is 179 g/mol. The van der Waals surface area contributed by atoms with E-state index in [2.05, 4.69) is 12.2 Å². The molecule has 0 aliphatic heterocycles. The van der Waals surface area contributed by atoms with Crippen LogP contribution in [0.4, 0.5) is 0 Å². The molecule has 0 aliphatic rings. The maximum absolute atomic E-state index is 10.6. The lowest BCUT2D eigenvalue weighted by Gasteiger charge is -2.00. The van der Waals surface area contributed by atoms with Crippen LogP contribution in [-0.2, 0) is 9.84 Å². The van der Waals surface area contributed by atoms with Crippen LogP contribution in [0.2, 0.25) is 0 Å². The van der Waals surface area contributed by atoms with Crippen molar-refractivity contribution in [1.82, 2.24) is 5.32 Å². The minimum atomic E-state index is -2.75. The van der Waals surface area contributed by atoms with E-state index in [1.54, 1.807) is 0 Å². The van der Waals surface area contributed by atoms with Gasteiger partial charge in [0.25, 0.3) is 0 Å². The summed E-state index contributed by atoms with van der Waals surface area (Å²) in [4.78, 5) is 0. The Morgan fingerprint density at radius 3 is 2.36 bits per heavy atom. The lowest BCUT2D eigenvalue weighted by Crippen LogP contribution is -2.18. The molecule has 4 heteroatoms. The van der Waals surface area contributed by atoms with Crippen molar-refractivity contribution in [3.8, 4) is 0 Å². The van der Waals surface area contributed by atoms with Gasteiger partial charge in [-0.05, 0) is 25.9 Å². The first-order valence-corrected chi connectivity index (χ1v) is 6.00. The molecular formula is C7H17NO2S. The molecule has 0 aliphatic carbocycles. The fraction of sp³-hybridized carbons (Fsp3) is 1.00. The van der Waals surface area contributed by atoms with Crippen molar-refractivity contribution >= 4 is 9.84 Å². The van der Waals surface area contributed by atoms with E-state index in [1.807, 2.05) is 0 Å². The minimum absolute atomic E-state index is 0.295. The Morgan fingerprint density at radius 2 is 1.91 bits per heavy atom.